The molecule has 2 aliphatic rings. The van der Waals surface area contributed by atoms with Crippen LogP contribution >= 0.6 is 0 Å². The summed E-state index contributed by atoms with van der Waals surface area (Å²) in [6.45, 7) is 4.81. The molecule has 0 heterocycles. The zero-order valence-corrected chi connectivity index (χ0v) is 11.9. The summed E-state index contributed by atoms with van der Waals surface area (Å²) in [4.78, 5) is 2.64. The summed E-state index contributed by atoms with van der Waals surface area (Å²) in [6.07, 6.45) is 9.49. The van der Waals surface area contributed by atoms with Crippen molar-refractivity contribution >= 4 is 0 Å². The fourth-order valence-corrected chi connectivity index (χ4v) is 3.99. The molecule has 2 fully saturated rings. The molecule has 0 saturated heterocycles. The van der Waals surface area contributed by atoms with Crippen molar-refractivity contribution in [3.8, 4) is 0 Å². The average molecular weight is 238 g/mol. The van der Waals surface area contributed by atoms with Gasteiger partial charge < -0.3 is 5.73 Å². The van der Waals surface area contributed by atoms with Gasteiger partial charge in [0, 0.05) is 18.1 Å². The van der Waals surface area contributed by atoms with Crippen molar-refractivity contribution in [2.45, 2.75) is 76.9 Å². The third kappa shape index (κ3) is 3.03. The minimum absolute atomic E-state index is 0.408. The van der Waals surface area contributed by atoms with E-state index in [4.69, 9.17) is 5.73 Å². The second-order valence-corrected chi connectivity index (χ2v) is 6.64. The Morgan fingerprint density at radius 2 is 1.65 bits per heavy atom. The molecule has 0 radical (unpaired) electrons. The van der Waals surface area contributed by atoms with Crippen molar-refractivity contribution < 1.29 is 0 Å². The normalized spacial score (nSPS) is 43.9. The SMILES string of the molecule is CC1CCC(N)C(N(C)C2CCCCC2C)C1. The zero-order chi connectivity index (χ0) is 12.4. The first kappa shape index (κ1) is 13.4. The molecule has 0 aromatic carbocycles. The fourth-order valence-electron chi connectivity index (χ4n) is 3.99. The van der Waals surface area contributed by atoms with Crippen molar-refractivity contribution in [2.75, 3.05) is 7.05 Å². The highest BCUT2D eigenvalue weighted by atomic mass is 15.2. The van der Waals surface area contributed by atoms with Crippen LogP contribution in [0, 0.1) is 11.8 Å². The van der Waals surface area contributed by atoms with Crippen molar-refractivity contribution in [3.05, 3.63) is 0 Å². The van der Waals surface area contributed by atoms with Gasteiger partial charge in [-0.25, -0.2) is 0 Å². The maximum Gasteiger partial charge on any atom is 0.0249 e. The van der Waals surface area contributed by atoms with Gasteiger partial charge in [-0.1, -0.05) is 26.7 Å². The summed E-state index contributed by atoms with van der Waals surface area (Å²) in [5.74, 6) is 1.72. The predicted octanol–water partition coefficient (Wildman–Crippen LogP) is 3.01. The lowest BCUT2D eigenvalue weighted by atomic mass is 9.79. The molecule has 2 aliphatic carbocycles. The highest BCUT2D eigenvalue weighted by Crippen LogP contribution is 2.33. The van der Waals surface area contributed by atoms with Gasteiger partial charge in [0.05, 0.1) is 0 Å². The number of rotatable bonds is 2. The van der Waals surface area contributed by atoms with Crippen molar-refractivity contribution in [1.29, 1.82) is 0 Å². The molecule has 0 bridgehead atoms. The van der Waals surface area contributed by atoms with Crippen LogP contribution in [0.15, 0.2) is 0 Å². The molecule has 0 aromatic rings. The Morgan fingerprint density at radius 3 is 2.35 bits per heavy atom. The Balaban J connectivity index is 1.99. The standard InChI is InChI=1S/C15H30N2/c1-11-8-9-13(16)15(10-11)17(3)14-7-5-4-6-12(14)2/h11-15H,4-10,16H2,1-3H3. The molecule has 2 rings (SSSR count). The van der Waals surface area contributed by atoms with Crippen LogP contribution in [-0.2, 0) is 0 Å². The summed E-state index contributed by atoms with van der Waals surface area (Å²) >= 11 is 0. The minimum atomic E-state index is 0.408. The summed E-state index contributed by atoms with van der Waals surface area (Å²) < 4.78 is 0. The lowest BCUT2D eigenvalue weighted by molar-refractivity contribution is 0.0556. The van der Waals surface area contributed by atoms with E-state index in [-0.39, 0.29) is 0 Å². The van der Waals surface area contributed by atoms with Gasteiger partial charge in [-0.15, -0.1) is 0 Å². The summed E-state index contributed by atoms with van der Waals surface area (Å²) in [7, 11) is 2.33. The molecule has 0 spiro atoms. The van der Waals surface area contributed by atoms with E-state index in [0.717, 1.165) is 17.9 Å². The van der Waals surface area contributed by atoms with Crippen molar-refractivity contribution in [1.82, 2.24) is 4.90 Å². The second-order valence-electron chi connectivity index (χ2n) is 6.64. The molecule has 0 aliphatic heterocycles. The number of hydrogen-bond acceptors (Lipinski definition) is 2. The van der Waals surface area contributed by atoms with Gasteiger partial charge in [-0.2, -0.15) is 0 Å². The molecular formula is C15H30N2. The number of nitrogens with zero attached hydrogens (tertiary/aromatic N) is 1. The van der Waals surface area contributed by atoms with Gasteiger partial charge in [-0.3, -0.25) is 4.90 Å². The average Bonchev–Trinajstić information content (AvgIpc) is 2.32. The van der Waals surface area contributed by atoms with Gasteiger partial charge in [0.2, 0.25) is 0 Å². The molecule has 0 aromatic heterocycles. The smallest absolute Gasteiger partial charge is 0.0249 e. The van der Waals surface area contributed by atoms with E-state index in [9.17, 15) is 0 Å². The van der Waals surface area contributed by atoms with E-state index < -0.39 is 0 Å². The first-order valence-electron chi connectivity index (χ1n) is 7.57. The van der Waals surface area contributed by atoms with Gasteiger partial charge in [0.1, 0.15) is 0 Å². The highest BCUT2D eigenvalue weighted by Gasteiger charge is 2.34. The third-order valence-corrected chi connectivity index (χ3v) is 5.24. The van der Waals surface area contributed by atoms with Gasteiger partial charge in [0.15, 0.2) is 0 Å². The third-order valence-electron chi connectivity index (χ3n) is 5.24. The van der Waals surface area contributed by atoms with Gasteiger partial charge >= 0.3 is 0 Å². The lowest BCUT2D eigenvalue weighted by Crippen LogP contribution is -2.54. The molecule has 17 heavy (non-hydrogen) atoms. The van der Waals surface area contributed by atoms with Crippen LogP contribution in [0.5, 0.6) is 0 Å². The van der Waals surface area contributed by atoms with E-state index in [1.807, 2.05) is 0 Å². The Bertz CT molecular complexity index is 241. The summed E-state index contributed by atoms with van der Waals surface area (Å²) in [5.41, 5.74) is 6.35. The molecule has 2 nitrogen and oxygen atoms in total. The summed E-state index contributed by atoms with van der Waals surface area (Å²) in [6, 6.07) is 1.82. The molecule has 2 N–H and O–H groups in total. The Morgan fingerprint density at radius 1 is 0.941 bits per heavy atom. The Labute approximate surface area is 107 Å². The van der Waals surface area contributed by atoms with Gasteiger partial charge in [0.25, 0.3) is 0 Å². The van der Waals surface area contributed by atoms with Crippen LogP contribution in [0.4, 0.5) is 0 Å². The number of likely N-dealkylation sites (N-methyl/N-ethyl adjacent to an activating group) is 1. The Hall–Kier alpha value is -0.0800. The molecule has 2 saturated carbocycles. The van der Waals surface area contributed by atoms with Crippen molar-refractivity contribution in [2.24, 2.45) is 17.6 Å². The summed E-state index contributed by atoms with van der Waals surface area (Å²) in [5, 5.41) is 0. The van der Waals surface area contributed by atoms with Crippen LogP contribution in [0.3, 0.4) is 0 Å². The van der Waals surface area contributed by atoms with E-state index >= 15 is 0 Å². The lowest BCUT2D eigenvalue weighted by Gasteiger charge is -2.45. The van der Waals surface area contributed by atoms with Crippen LogP contribution in [0.25, 0.3) is 0 Å². The monoisotopic (exact) mass is 238 g/mol. The fraction of sp³-hybridized carbons (Fsp3) is 1.00. The largest absolute Gasteiger partial charge is 0.326 e. The Kier molecular flexibility index (Phi) is 4.48. The van der Waals surface area contributed by atoms with Gasteiger partial charge in [-0.05, 0) is 51.0 Å². The molecule has 0 amide bonds. The van der Waals surface area contributed by atoms with E-state index in [0.29, 0.717) is 12.1 Å². The zero-order valence-electron chi connectivity index (χ0n) is 11.9. The van der Waals surface area contributed by atoms with E-state index in [2.05, 4.69) is 25.8 Å². The highest BCUT2D eigenvalue weighted by molar-refractivity contribution is 4.91. The minimum Gasteiger partial charge on any atom is -0.326 e. The second kappa shape index (κ2) is 5.71. The molecule has 100 valence electrons. The molecular weight excluding hydrogens is 208 g/mol. The van der Waals surface area contributed by atoms with Crippen molar-refractivity contribution in [3.63, 3.8) is 0 Å². The predicted molar refractivity (Wildman–Crippen MR) is 74.0 cm³/mol. The molecule has 5 atom stereocenters. The van der Waals surface area contributed by atoms with E-state index in [1.165, 1.54) is 44.9 Å². The molecule has 5 unspecified atom stereocenters. The number of hydrogen-bond donors (Lipinski definition) is 1. The molecule has 2 heteroatoms. The van der Waals surface area contributed by atoms with E-state index in [1.54, 1.807) is 0 Å². The van der Waals surface area contributed by atoms with Crippen LogP contribution in [0.1, 0.15) is 58.8 Å². The maximum atomic E-state index is 6.35. The first-order chi connectivity index (χ1) is 8.09. The quantitative estimate of drug-likeness (QED) is 0.801. The first-order valence-corrected chi connectivity index (χ1v) is 7.57. The van der Waals surface area contributed by atoms with Crippen LogP contribution in [0.2, 0.25) is 0 Å². The number of nitrogens with two attached hydrogens (primary N) is 1. The topological polar surface area (TPSA) is 29.3 Å². The maximum absolute atomic E-state index is 6.35. The van der Waals surface area contributed by atoms with Crippen LogP contribution in [-0.4, -0.2) is 30.1 Å². The van der Waals surface area contributed by atoms with Crippen LogP contribution < -0.4 is 5.73 Å².